The van der Waals surface area contributed by atoms with Crippen molar-refractivity contribution in [2.45, 2.75) is 44.0 Å². The Morgan fingerprint density at radius 2 is 1.62 bits per heavy atom. The first-order valence-electron chi connectivity index (χ1n) is 12.7. The Kier molecular flexibility index (Phi) is 6.73. The number of benzene rings is 3. The zero-order valence-corrected chi connectivity index (χ0v) is 21.6. The van der Waals surface area contributed by atoms with Crippen molar-refractivity contribution in [3.05, 3.63) is 89.5 Å². The van der Waals surface area contributed by atoms with Crippen molar-refractivity contribution in [1.29, 1.82) is 0 Å². The largest absolute Gasteiger partial charge is 0.508 e. The van der Waals surface area contributed by atoms with Gasteiger partial charge in [0, 0.05) is 38.0 Å². The van der Waals surface area contributed by atoms with Crippen molar-refractivity contribution in [3.63, 3.8) is 0 Å². The molecule has 2 heterocycles. The molecule has 3 aromatic rings. The molecule has 0 saturated carbocycles. The van der Waals surface area contributed by atoms with Crippen LogP contribution in [0, 0.1) is 0 Å². The average Bonchev–Trinajstić information content (AvgIpc) is 3.13. The quantitative estimate of drug-likeness (QED) is 0.472. The number of phenols is 1. The SMILES string of the molecule is COc1ccc(OC)c(CN2CCC3(CC2)OC(=O)N(Cc2ccc(O)cc2)C3(C)c2ccccc2)c1. The topological polar surface area (TPSA) is 71.5 Å². The molecule has 1 amide bonds. The highest BCUT2D eigenvalue weighted by molar-refractivity contribution is 5.74. The van der Waals surface area contributed by atoms with Crippen LogP contribution in [0.5, 0.6) is 17.2 Å². The summed E-state index contributed by atoms with van der Waals surface area (Å²) in [7, 11) is 3.35. The fraction of sp³-hybridized carbons (Fsp3) is 0.367. The van der Waals surface area contributed by atoms with E-state index >= 15 is 0 Å². The lowest BCUT2D eigenvalue weighted by Crippen LogP contribution is -2.58. The van der Waals surface area contributed by atoms with E-state index in [-0.39, 0.29) is 11.8 Å². The van der Waals surface area contributed by atoms with Gasteiger partial charge < -0.3 is 19.3 Å². The standard InChI is InChI=1S/C30H34N2O5/c1-29(24-7-5-4-6-8-24)30(37-28(34)32(29)20-22-9-11-25(33)12-10-22)15-17-31(18-16-30)21-23-19-26(35-2)13-14-27(23)36-3/h4-14,19,33H,15-18,20-21H2,1-3H3. The maximum absolute atomic E-state index is 13.4. The smallest absolute Gasteiger partial charge is 0.411 e. The van der Waals surface area contributed by atoms with Crippen molar-refractivity contribution < 1.29 is 24.1 Å². The van der Waals surface area contributed by atoms with E-state index in [1.165, 1.54) is 0 Å². The molecule has 1 N–H and O–H groups in total. The molecule has 7 nitrogen and oxygen atoms in total. The highest BCUT2D eigenvalue weighted by Crippen LogP contribution is 2.52. The molecule has 37 heavy (non-hydrogen) atoms. The third-order valence-electron chi connectivity index (χ3n) is 8.09. The van der Waals surface area contributed by atoms with Gasteiger partial charge in [-0.3, -0.25) is 9.80 Å². The van der Waals surface area contributed by atoms with Gasteiger partial charge >= 0.3 is 6.09 Å². The lowest BCUT2D eigenvalue weighted by molar-refractivity contribution is -0.0614. The molecule has 5 rings (SSSR count). The first-order chi connectivity index (χ1) is 17.9. The number of likely N-dealkylation sites (tertiary alicyclic amines) is 1. The van der Waals surface area contributed by atoms with Crippen LogP contribution in [-0.2, 0) is 23.4 Å². The first-order valence-corrected chi connectivity index (χ1v) is 12.7. The molecule has 0 radical (unpaired) electrons. The van der Waals surface area contributed by atoms with Crippen LogP contribution >= 0.6 is 0 Å². The molecular formula is C30H34N2O5. The summed E-state index contributed by atoms with van der Waals surface area (Å²) >= 11 is 0. The highest BCUT2D eigenvalue weighted by atomic mass is 16.6. The molecule has 0 bridgehead atoms. The lowest BCUT2D eigenvalue weighted by atomic mass is 9.70. The van der Waals surface area contributed by atoms with Crippen molar-refractivity contribution in [2.75, 3.05) is 27.3 Å². The number of carbonyl (C=O) groups excluding carboxylic acids is 1. The van der Waals surface area contributed by atoms with Crippen LogP contribution in [0.15, 0.2) is 72.8 Å². The Morgan fingerprint density at radius 1 is 0.919 bits per heavy atom. The molecule has 3 aromatic carbocycles. The van der Waals surface area contributed by atoms with Crippen LogP contribution in [-0.4, -0.2) is 53.9 Å². The summed E-state index contributed by atoms with van der Waals surface area (Å²) < 4.78 is 17.3. The van der Waals surface area contributed by atoms with Crippen molar-refractivity contribution in [1.82, 2.24) is 9.80 Å². The Morgan fingerprint density at radius 3 is 2.27 bits per heavy atom. The maximum Gasteiger partial charge on any atom is 0.411 e. The number of hydrogen-bond acceptors (Lipinski definition) is 6. The van der Waals surface area contributed by atoms with E-state index in [2.05, 4.69) is 24.0 Å². The number of phenolic OH excluding ortho intramolecular Hbond substituents is 1. The predicted octanol–water partition coefficient (Wildman–Crippen LogP) is 5.31. The number of aromatic hydroxyl groups is 1. The van der Waals surface area contributed by atoms with Gasteiger partial charge in [0.05, 0.1) is 20.8 Å². The lowest BCUT2D eigenvalue weighted by Gasteiger charge is -2.48. The summed E-state index contributed by atoms with van der Waals surface area (Å²) in [5.74, 6) is 1.84. The number of piperidine rings is 1. The molecule has 1 spiro atoms. The number of amides is 1. The zero-order chi connectivity index (χ0) is 26.0. The van der Waals surface area contributed by atoms with E-state index in [0.717, 1.165) is 47.8 Å². The van der Waals surface area contributed by atoms with E-state index in [4.69, 9.17) is 14.2 Å². The van der Waals surface area contributed by atoms with Gasteiger partial charge in [0.1, 0.15) is 28.4 Å². The first kappa shape index (κ1) is 25.0. The predicted molar refractivity (Wildman–Crippen MR) is 141 cm³/mol. The summed E-state index contributed by atoms with van der Waals surface area (Å²) in [6.45, 7) is 4.82. The van der Waals surface area contributed by atoms with Gasteiger partial charge in [-0.2, -0.15) is 0 Å². The van der Waals surface area contributed by atoms with Gasteiger partial charge in [-0.1, -0.05) is 42.5 Å². The van der Waals surface area contributed by atoms with Crippen LogP contribution in [0.25, 0.3) is 0 Å². The molecule has 2 fully saturated rings. The van der Waals surface area contributed by atoms with Crippen molar-refractivity contribution in [3.8, 4) is 17.2 Å². The monoisotopic (exact) mass is 502 g/mol. The van der Waals surface area contributed by atoms with Gasteiger partial charge in [-0.25, -0.2) is 4.79 Å². The number of carbonyl (C=O) groups is 1. The van der Waals surface area contributed by atoms with Gasteiger partial charge in [0.2, 0.25) is 0 Å². The van der Waals surface area contributed by atoms with Crippen LogP contribution in [0.2, 0.25) is 0 Å². The molecule has 2 saturated heterocycles. The molecule has 1 unspecified atom stereocenters. The fourth-order valence-electron chi connectivity index (χ4n) is 5.85. The summed E-state index contributed by atoms with van der Waals surface area (Å²) in [6.07, 6.45) is 1.12. The number of hydrogen-bond donors (Lipinski definition) is 1. The minimum atomic E-state index is -0.655. The minimum Gasteiger partial charge on any atom is -0.508 e. The zero-order valence-electron chi connectivity index (χ0n) is 21.6. The number of rotatable bonds is 7. The summed E-state index contributed by atoms with van der Waals surface area (Å²) in [6, 6.07) is 23.0. The fourth-order valence-corrected chi connectivity index (χ4v) is 5.85. The maximum atomic E-state index is 13.4. The van der Waals surface area contributed by atoms with Crippen LogP contribution in [0.4, 0.5) is 4.79 Å². The second kappa shape index (κ2) is 9.98. The second-order valence-corrected chi connectivity index (χ2v) is 10.0. The van der Waals surface area contributed by atoms with Crippen LogP contribution < -0.4 is 9.47 Å². The van der Waals surface area contributed by atoms with Crippen molar-refractivity contribution in [2.24, 2.45) is 0 Å². The van der Waals surface area contributed by atoms with Gasteiger partial charge in [0.15, 0.2) is 0 Å². The summed E-state index contributed by atoms with van der Waals surface area (Å²) in [5.41, 5.74) is 1.76. The Bertz CT molecular complexity index is 1240. The Hall–Kier alpha value is -3.71. The minimum absolute atomic E-state index is 0.204. The third-order valence-corrected chi connectivity index (χ3v) is 8.09. The van der Waals surface area contributed by atoms with E-state index < -0.39 is 11.1 Å². The molecule has 194 valence electrons. The van der Waals surface area contributed by atoms with E-state index in [1.807, 2.05) is 53.4 Å². The molecule has 0 aliphatic carbocycles. The Balaban J connectivity index is 1.42. The van der Waals surface area contributed by atoms with Crippen LogP contribution in [0.3, 0.4) is 0 Å². The summed E-state index contributed by atoms with van der Waals surface area (Å²) in [4.78, 5) is 17.7. The van der Waals surface area contributed by atoms with E-state index in [0.29, 0.717) is 19.4 Å². The van der Waals surface area contributed by atoms with Gasteiger partial charge in [-0.05, 0) is 48.4 Å². The molecule has 7 heteroatoms. The third kappa shape index (κ3) is 4.48. The highest BCUT2D eigenvalue weighted by Gasteiger charge is 2.63. The molecule has 2 aliphatic rings. The molecular weight excluding hydrogens is 468 g/mol. The molecule has 2 aliphatic heterocycles. The van der Waals surface area contributed by atoms with Crippen molar-refractivity contribution >= 4 is 6.09 Å². The second-order valence-electron chi connectivity index (χ2n) is 10.0. The Labute approximate surface area is 218 Å². The van der Waals surface area contributed by atoms with E-state index in [9.17, 15) is 9.90 Å². The molecule has 0 aromatic heterocycles. The molecule has 1 atom stereocenters. The van der Waals surface area contributed by atoms with Gasteiger partial charge in [0.25, 0.3) is 0 Å². The van der Waals surface area contributed by atoms with E-state index in [1.54, 1.807) is 26.4 Å². The number of methoxy groups -OCH3 is 2. The normalized spacial score (nSPS) is 21.2. The average molecular weight is 503 g/mol. The number of nitrogens with zero attached hydrogens (tertiary/aromatic N) is 2. The number of ether oxygens (including phenoxy) is 3. The summed E-state index contributed by atoms with van der Waals surface area (Å²) in [5, 5.41) is 9.72. The van der Waals surface area contributed by atoms with Crippen LogP contribution in [0.1, 0.15) is 36.5 Å². The van der Waals surface area contributed by atoms with Gasteiger partial charge in [-0.15, -0.1) is 0 Å².